The number of hydrogen-bond donors (Lipinski definition) is 1. The van der Waals surface area contributed by atoms with Gasteiger partial charge in [0.1, 0.15) is 0 Å². The normalized spacial score (nSPS) is 11.9. The molecule has 0 saturated carbocycles. The summed E-state index contributed by atoms with van der Waals surface area (Å²) in [4.78, 5) is 0. The maximum atomic E-state index is 8.89. The van der Waals surface area contributed by atoms with Crippen LogP contribution in [0.3, 0.4) is 0 Å². The maximum absolute atomic E-state index is 8.89. The third-order valence-electron chi connectivity index (χ3n) is 1.68. The summed E-state index contributed by atoms with van der Waals surface area (Å²) in [6.07, 6.45) is 6.44. The fraction of sp³-hybridized carbons (Fsp3) is 0.818. The summed E-state index contributed by atoms with van der Waals surface area (Å²) in [6.45, 7) is 3.98. The highest BCUT2D eigenvalue weighted by molar-refractivity contribution is 4.99. The zero-order chi connectivity index (χ0) is 9.23. The second kappa shape index (κ2) is 8.62. The Kier molecular flexibility index (Phi) is 8.27. The summed E-state index contributed by atoms with van der Waals surface area (Å²) in [6, 6.07) is 0. The Morgan fingerprint density at radius 3 is 2.50 bits per heavy atom. The molecule has 0 fully saturated rings. The van der Waals surface area contributed by atoms with Crippen molar-refractivity contribution in [3.05, 3.63) is 0 Å². The van der Waals surface area contributed by atoms with Crippen molar-refractivity contribution in [1.29, 1.82) is 0 Å². The lowest BCUT2D eigenvalue weighted by atomic mass is 10.1. The average Bonchev–Trinajstić information content (AvgIpc) is 2.02. The van der Waals surface area contributed by atoms with Crippen LogP contribution >= 0.6 is 0 Å². The Morgan fingerprint density at radius 1 is 1.17 bits per heavy atom. The Labute approximate surface area is 76.2 Å². The minimum absolute atomic E-state index is 0.270. The van der Waals surface area contributed by atoms with Crippen LogP contribution in [0.1, 0.15) is 52.4 Å². The van der Waals surface area contributed by atoms with E-state index in [0.717, 1.165) is 6.42 Å². The van der Waals surface area contributed by atoms with Crippen LogP contribution in [0.5, 0.6) is 0 Å². The van der Waals surface area contributed by atoms with Gasteiger partial charge in [-0.05, 0) is 13.3 Å². The number of hydrogen-bond acceptors (Lipinski definition) is 1. The number of unbranched alkanes of at least 4 members (excludes halogenated alkanes) is 4. The number of aliphatic hydroxyl groups is 1. The lowest BCUT2D eigenvalue weighted by molar-refractivity contribution is 0.201. The van der Waals surface area contributed by atoms with Gasteiger partial charge >= 0.3 is 0 Å². The van der Waals surface area contributed by atoms with E-state index in [0.29, 0.717) is 6.42 Å². The first kappa shape index (κ1) is 11.5. The van der Waals surface area contributed by atoms with Crippen molar-refractivity contribution in [3.8, 4) is 11.8 Å². The molecule has 0 heterocycles. The van der Waals surface area contributed by atoms with Gasteiger partial charge < -0.3 is 5.11 Å². The van der Waals surface area contributed by atoms with Crippen molar-refractivity contribution in [2.24, 2.45) is 0 Å². The molecule has 0 aromatic rings. The van der Waals surface area contributed by atoms with Gasteiger partial charge in [0.25, 0.3) is 0 Å². The Bertz CT molecular complexity index is 139. The highest BCUT2D eigenvalue weighted by Gasteiger charge is 1.88. The fourth-order valence-corrected chi connectivity index (χ4v) is 0.948. The molecule has 0 unspecified atom stereocenters. The molecule has 0 radical (unpaired) electrons. The molecule has 1 N–H and O–H groups in total. The Morgan fingerprint density at radius 2 is 1.92 bits per heavy atom. The van der Waals surface area contributed by atoms with Gasteiger partial charge in [-0.1, -0.05) is 26.2 Å². The minimum Gasteiger partial charge on any atom is -0.392 e. The van der Waals surface area contributed by atoms with Gasteiger partial charge in [-0.15, -0.1) is 11.8 Å². The highest BCUT2D eigenvalue weighted by atomic mass is 16.3. The molecule has 70 valence electrons. The molecule has 1 atom stereocenters. The number of rotatable bonds is 5. The molecule has 0 aliphatic rings. The molecule has 0 rings (SSSR count). The average molecular weight is 168 g/mol. The van der Waals surface area contributed by atoms with E-state index >= 15 is 0 Å². The van der Waals surface area contributed by atoms with Crippen molar-refractivity contribution in [2.45, 2.75) is 58.5 Å². The molecule has 12 heavy (non-hydrogen) atoms. The predicted octanol–water partition coefficient (Wildman–Crippen LogP) is 2.73. The molecule has 0 bridgehead atoms. The van der Waals surface area contributed by atoms with Crippen LogP contribution in [-0.2, 0) is 0 Å². The highest BCUT2D eigenvalue weighted by Crippen LogP contribution is 2.01. The van der Waals surface area contributed by atoms with Gasteiger partial charge in [-0.25, -0.2) is 0 Å². The van der Waals surface area contributed by atoms with Crippen molar-refractivity contribution in [1.82, 2.24) is 0 Å². The molecule has 0 aromatic heterocycles. The summed E-state index contributed by atoms with van der Waals surface area (Å²) >= 11 is 0. The van der Waals surface area contributed by atoms with Crippen LogP contribution in [0.4, 0.5) is 0 Å². The van der Waals surface area contributed by atoms with Crippen molar-refractivity contribution >= 4 is 0 Å². The van der Waals surface area contributed by atoms with E-state index in [1.54, 1.807) is 6.92 Å². The second-order valence-electron chi connectivity index (χ2n) is 3.22. The molecule has 0 saturated heterocycles. The second-order valence-corrected chi connectivity index (χ2v) is 3.22. The molecule has 0 aliphatic carbocycles. The van der Waals surface area contributed by atoms with Crippen molar-refractivity contribution < 1.29 is 5.11 Å². The van der Waals surface area contributed by atoms with E-state index in [4.69, 9.17) is 5.11 Å². The number of aliphatic hydroxyl groups excluding tert-OH is 1. The topological polar surface area (TPSA) is 20.2 Å². The first-order chi connectivity index (χ1) is 5.77. The van der Waals surface area contributed by atoms with Gasteiger partial charge in [0.2, 0.25) is 0 Å². The summed E-state index contributed by atoms with van der Waals surface area (Å²) in [7, 11) is 0. The Balaban J connectivity index is 3.10. The largest absolute Gasteiger partial charge is 0.392 e. The molecule has 1 heteroatoms. The Hall–Kier alpha value is -0.480. The summed E-state index contributed by atoms with van der Waals surface area (Å²) in [5, 5.41) is 8.89. The lowest BCUT2D eigenvalue weighted by Gasteiger charge is -1.94. The first-order valence-corrected chi connectivity index (χ1v) is 4.91. The van der Waals surface area contributed by atoms with E-state index < -0.39 is 0 Å². The van der Waals surface area contributed by atoms with Gasteiger partial charge in [-0.3, -0.25) is 0 Å². The van der Waals surface area contributed by atoms with Gasteiger partial charge in [-0.2, -0.15) is 0 Å². The van der Waals surface area contributed by atoms with Crippen LogP contribution in [0.25, 0.3) is 0 Å². The lowest BCUT2D eigenvalue weighted by Crippen LogP contribution is -1.95. The molecule has 0 spiro atoms. The van der Waals surface area contributed by atoms with Crippen molar-refractivity contribution in [3.63, 3.8) is 0 Å². The van der Waals surface area contributed by atoms with Crippen LogP contribution in [0, 0.1) is 11.8 Å². The molecular weight excluding hydrogens is 148 g/mol. The molecular formula is C11H20O. The maximum Gasteiger partial charge on any atom is 0.0621 e. The standard InChI is InChI=1S/C11H20O/c1-3-4-5-6-7-8-9-10-11(2)12/h11-12H,3-7,10H2,1-2H3/t11-/m1/s1. The smallest absolute Gasteiger partial charge is 0.0621 e. The van der Waals surface area contributed by atoms with E-state index in [1.807, 2.05) is 0 Å². The summed E-state index contributed by atoms with van der Waals surface area (Å²) in [5.41, 5.74) is 0. The molecule has 0 aromatic carbocycles. The minimum atomic E-state index is -0.270. The van der Waals surface area contributed by atoms with Crippen molar-refractivity contribution in [2.75, 3.05) is 0 Å². The molecule has 0 aliphatic heterocycles. The molecule has 1 nitrogen and oxygen atoms in total. The fourth-order valence-electron chi connectivity index (χ4n) is 0.948. The summed E-state index contributed by atoms with van der Waals surface area (Å²) in [5.74, 6) is 6.03. The SMILES string of the molecule is CCCCCCC#CC[C@@H](C)O. The van der Waals surface area contributed by atoms with Gasteiger partial charge in [0.15, 0.2) is 0 Å². The quantitative estimate of drug-likeness (QED) is 0.494. The third-order valence-corrected chi connectivity index (χ3v) is 1.68. The predicted molar refractivity (Wildman–Crippen MR) is 52.8 cm³/mol. The first-order valence-electron chi connectivity index (χ1n) is 4.91. The van der Waals surface area contributed by atoms with Crippen LogP contribution in [0.15, 0.2) is 0 Å². The van der Waals surface area contributed by atoms with E-state index in [9.17, 15) is 0 Å². The van der Waals surface area contributed by atoms with E-state index in [1.165, 1.54) is 25.7 Å². The zero-order valence-electron chi connectivity index (χ0n) is 8.27. The summed E-state index contributed by atoms with van der Waals surface area (Å²) < 4.78 is 0. The van der Waals surface area contributed by atoms with Gasteiger partial charge in [0, 0.05) is 12.8 Å². The van der Waals surface area contributed by atoms with Crippen LogP contribution in [-0.4, -0.2) is 11.2 Å². The van der Waals surface area contributed by atoms with Gasteiger partial charge in [0.05, 0.1) is 6.10 Å². The van der Waals surface area contributed by atoms with E-state index in [2.05, 4.69) is 18.8 Å². The zero-order valence-corrected chi connectivity index (χ0v) is 8.27. The molecule has 0 amide bonds. The third kappa shape index (κ3) is 9.52. The van der Waals surface area contributed by atoms with Crippen LogP contribution < -0.4 is 0 Å². The van der Waals surface area contributed by atoms with E-state index in [-0.39, 0.29) is 6.10 Å². The monoisotopic (exact) mass is 168 g/mol. The van der Waals surface area contributed by atoms with Crippen LogP contribution in [0.2, 0.25) is 0 Å².